The monoisotopic (exact) mass is 411 g/mol. The molecule has 2 aromatic rings. The molecule has 2 rings (SSSR count). The fourth-order valence-corrected chi connectivity index (χ4v) is 2.05. The molecule has 0 aliphatic heterocycles. The molecule has 0 bridgehead atoms. The number of aromatic nitrogens is 2. The van der Waals surface area contributed by atoms with Crippen molar-refractivity contribution in [2.75, 3.05) is 5.32 Å². The van der Waals surface area contributed by atoms with Crippen LogP contribution in [0.2, 0.25) is 0 Å². The van der Waals surface area contributed by atoms with E-state index in [4.69, 9.17) is 5.73 Å². The van der Waals surface area contributed by atoms with Crippen molar-refractivity contribution in [2.24, 2.45) is 10.7 Å². The second kappa shape index (κ2) is 8.67. The van der Waals surface area contributed by atoms with Crippen molar-refractivity contribution >= 4 is 35.6 Å². The van der Waals surface area contributed by atoms with Crippen LogP contribution in [0.3, 0.4) is 0 Å². The molecule has 0 atom stereocenters. The van der Waals surface area contributed by atoms with E-state index in [1.54, 1.807) is 0 Å². The average molecular weight is 411 g/mol. The van der Waals surface area contributed by atoms with Gasteiger partial charge in [0.1, 0.15) is 5.82 Å². The van der Waals surface area contributed by atoms with Crippen LogP contribution in [0.5, 0.6) is 0 Å². The van der Waals surface area contributed by atoms with E-state index in [0.29, 0.717) is 12.5 Å². The minimum atomic E-state index is 0. The van der Waals surface area contributed by atoms with Crippen LogP contribution in [0.1, 0.15) is 29.7 Å². The Kier molecular flexibility index (Phi) is 7.23. The summed E-state index contributed by atoms with van der Waals surface area (Å²) in [6.07, 6.45) is 1.02. The van der Waals surface area contributed by atoms with Gasteiger partial charge in [0, 0.05) is 11.4 Å². The number of nitrogens with zero attached hydrogens (tertiary/aromatic N) is 3. The number of benzene rings is 1. The van der Waals surface area contributed by atoms with Crippen LogP contribution in [-0.2, 0) is 13.0 Å². The van der Waals surface area contributed by atoms with Gasteiger partial charge >= 0.3 is 0 Å². The van der Waals surface area contributed by atoms with E-state index < -0.39 is 0 Å². The zero-order chi connectivity index (χ0) is 15.2. The van der Waals surface area contributed by atoms with E-state index in [-0.39, 0.29) is 24.0 Å². The highest BCUT2D eigenvalue weighted by Crippen LogP contribution is 2.09. The van der Waals surface area contributed by atoms with Crippen LogP contribution in [0.25, 0.3) is 0 Å². The number of halogens is 1. The highest BCUT2D eigenvalue weighted by atomic mass is 127. The summed E-state index contributed by atoms with van der Waals surface area (Å²) < 4.78 is 0. The quantitative estimate of drug-likeness (QED) is 0.460. The molecule has 0 aliphatic carbocycles. The van der Waals surface area contributed by atoms with E-state index in [9.17, 15) is 0 Å². The summed E-state index contributed by atoms with van der Waals surface area (Å²) in [5, 5.41) is 3.08. The lowest BCUT2D eigenvalue weighted by Gasteiger charge is -2.06. The van der Waals surface area contributed by atoms with Crippen molar-refractivity contribution in [1.82, 2.24) is 9.97 Å². The summed E-state index contributed by atoms with van der Waals surface area (Å²) in [5.74, 6) is 1.13. The van der Waals surface area contributed by atoms with Gasteiger partial charge in [-0.2, -0.15) is 0 Å². The zero-order valence-electron chi connectivity index (χ0n) is 13.1. The number of rotatable bonds is 4. The Morgan fingerprint density at radius 3 is 2.45 bits per heavy atom. The first-order chi connectivity index (χ1) is 10.1. The number of nitrogens with one attached hydrogen (secondary N) is 1. The molecule has 22 heavy (non-hydrogen) atoms. The minimum absolute atomic E-state index is 0. The summed E-state index contributed by atoms with van der Waals surface area (Å²) in [7, 11) is 0. The summed E-state index contributed by atoms with van der Waals surface area (Å²) in [6, 6.07) is 10.1. The second-order valence-electron chi connectivity index (χ2n) is 4.92. The van der Waals surface area contributed by atoms with Gasteiger partial charge < -0.3 is 11.1 Å². The zero-order valence-corrected chi connectivity index (χ0v) is 15.5. The van der Waals surface area contributed by atoms with Crippen molar-refractivity contribution in [2.45, 2.75) is 33.7 Å². The van der Waals surface area contributed by atoms with Gasteiger partial charge in [0.25, 0.3) is 0 Å². The van der Waals surface area contributed by atoms with E-state index in [2.05, 4.69) is 39.3 Å². The van der Waals surface area contributed by atoms with Gasteiger partial charge in [-0.05, 0) is 44.0 Å². The Morgan fingerprint density at radius 2 is 1.86 bits per heavy atom. The summed E-state index contributed by atoms with van der Waals surface area (Å²) >= 11 is 0. The number of hydrogen-bond donors (Lipinski definition) is 2. The van der Waals surface area contributed by atoms with Gasteiger partial charge in [0.05, 0.1) is 12.2 Å². The molecule has 0 amide bonds. The first-order valence-corrected chi connectivity index (χ1v) is 7.04. The maximum atomic E-state index is 5.90. The van der Waals surface area contributed by atoms with E-state index in [0.717, 1.165) is 29.3 Å². The van der Waals surface area contributed by atoms with Crippen LogP contribution in [0, 0.1) is 13.8 Å². The molecule has 0 saturated heterocycles. The first-order valence-electron chi connectivity index (χ1n) is 7.04. The molecule has 0 fully saturated rings. The number of aliphatic imine (C=N–C) groups is 1. The number of hydrogen-bond acceptors (Lipinski definition) is 3. The Balaban J connectivity index is 0.00000242. The third-order valence-electron chi connectivity index (χ3n) is 3.07. The summed E-state index contributed by atoms with van der Waals surface area (Å²) in [4.78, 5) is 12.9. The molecule has 0 radical (unpaired) electrons. The standard InChI is InChI=1S/C16H21N5.HI/c1-4-13-5-7-14(8-6-13)21-16(17)18-10-15-9-11(2)19-12(3)20-15;/h5-9H,4,10H2,1-3H3,(H3,17,18,21);1H. The SMILES string of the molecule is CCc1ccc(NC(N)=NCc2cc(C)nc(C)n2)cc1.I. The van der Waals surface area contributed by atoms with E-state index in [1.807, 2.05) is 32.0 Å². The molecule has 118 valence electrons. The second-order valence-corrected chi connectivity index (χ2v) is 4.92. The smallest absolute Gasteiger partial charge is 0.193 e. The predicted octanol–water partition coefficient (Wildman–Crippen LogP) is 3.20. The molecular formula is C16H22IN5. The third kappa shape index (κ3) is 5.59. The van der Waals surface area contributed by atoms with Crippen molar-refractivity contribution in [1.29, 1.82) is 0 Å². The Hall–Kier alpha value is -1.70. The number of aryl methyl sites for hydroxylation is 3. The molecule has 0 aliphatic rings. The van der Waals surface area contributed by atoms with Crippen LogP contribution >= 0.6 is 24.0 Å². The number of anilines is 1. The maximum Gasteiger partial charge on any atom is 0.193 e. The van der Waals surface area contributed by atoms with E-state index >= 15 is 0 Å². The fourth-order valence-electron chi connectivity index (χ4n) is 2.05. The minimum Gasteiger partial charge on any atom is -0.370 e. The van der Waals surface area contributed by atoms with Crippen LogP contribution in [0.4, 0.5) is 5.69 Å². The van der Waals surface area contributed by atoms with Crippen LogP contribution in [0.15, 0.2) is 35.3 Å². The van der Waals surface area contributed by atoms with Crippen molar-refractivity contribution in [3.8, 4) is 0 Å². The lowest BCUT2D eigenvalue weighted by molar-refractivity contribution is 0.906. The molecule has 0 spiro atoms. The van der Waals surface area contributed by atoms with Crippen LogP contribution in [-0.4, -0.2) is 15.9 Å². The number of guanidine groups is 1. The normalized spacial score (nSPS) is 11.0. The Labute approximate surface area is 148 Å². The lowest BCUT2D eigenvalue weighted by Crippen LogP contribution is -2.22. The number of nitrogens with two attached hydrogens (primary N) is 1. The topological polar surface area (TPSA) is 76.2 Å². The molecule has 1 heterocycles. The molecule has 3 N–H and O–H groups in total. The van der Waals surface area contributed by atoms with Gasteiger partial charge in [-0.1, -0.05) is 19.1 Å². The highest BCUT2D eigenvalue weighted by molar-refractivity contribution is 14.0. The Morgan fingerprint density at radius 1 is 1.18 bits per heavy atom. The van der Waals surface area contributed by atoms with Gasteiger partial charge in [-0.3, -0.25) is 0 Å². The van der Waals surface area contributed by atoms with Gasteiger partial charge in [0.15, 0.2) is 5.96 Å². The van der Waals surface area contributed by atoms with Gasteiger partial charge in [-0.25, -0.2) is 15.0 Å². The molecule has 1 aromatic heterocycles. The van der Waals surface area contributed by atoms with Gasteiger partial charge in [0.2, 0.25) is 0 Å². The third-order valence-corrected chi connectivity index (χ3v) is 3.07. The van der Waals surface area contributed by atoms with Crippen molar-refractivity contribution in [3.63, 3.8) is 0 Å². The molecular weight excluding hydrogens is 389 g/mol. The van der Waals surface area contributed by atoms with E-state index in [1.165, 1.54) is 5.56 Å². The maximum absolute atomic E-state index is 5.90. The van der Waals surface area contributed by atoms with Crippen LogP contribution < -0.4 is 11.1 Å². The summed E-state index contributed by atoms with van der Waals surface area (Å²) in [5.41, 5.74) is 9.93. The predicted molar refractivity (Wildman–Crippen MR) is 102 cm³/mol. The van der Waals surface area contributed by atoms with Gasteiger partial charge in [-0.15, -0.1) is 24.0 Å². The molecule has 0 saturated carbocycles. The highest BCUT2D eigenvalue weighted by Gasteiger charge is 1.99. The first kappa shape index (κ1) is 18.3. The lowest BCUT2D eigenvalue weighted by atomic mass is 10.1. The molecule has 1 aromatic carbocycles. The van der Waals surface area contributed by atoms with Crippen molar-refractivity contribution in [3.05, 3.63) is 53.1 Å². The molecule has 6 heteroatoms. The largest absolute Gasteiger partial charge is 0.370 e. The fraction of sp³-hybridized carbons (Fsp3) is 0.312. The summed E-state index contributed by atoms with van der Waals surface area (Å²) in [6.45, 7) is 6.38. The van der Waals surface area contributed by atoms with Crippen molar-refractivity contribution < 1.29 is 0 Å². The average Bonchev–Trinajstić information content (AvgIpc) is 2.45. The Bertz CT molecular complexity index is 617. The molecule has 5 nitrogen and oxygen atoms in total. The molecule has 0 unspecified atom stereocenters.